The van der Waals surface area contributed by atoms with Gasteiger partial charge in [0.25, 0.3) is 0 Å². The predicted molar refractivity (Wildman–Crippen MR) is 91.5 cm³/mol. The van der Waals surface area contributed by atoms with Crippen molar-refractivity contribution in [2.45, 2.75) is 45.1 Å². The lowest BCUT2D eigenvalue weighted by Crippen LogP contribution is -2.58. The molecule has 2 atom stereocenters. The van der Waals surface area contributed by atoms with E-state index in [1.807, 2.05) is 18.2 Å². The number of halogens is 2. The molecule has 1 aromatic rings. The highest BCUT2D eigenvalue weighted by molar-refractivity contribution is 9.10. The fraction of sp³-hybridized carbons (Fsp3) is 0.562. The molecule has 1 aliphatic rings. The second-order valence-electron chi connectivity index (χ2n) is 6.19. The Morgan fingerprint density at radius 2 is 2.19 bits per heavy atom. The van der Waals surface area contributed by atoms with Crippen LogP contribution in [0.25, 0.3) is 0 Å². The summed E-state index contributed by atoms with van der Waals surface area (Å²) >= 11 is 9.45. The lowest BCUT2D eigenvalue weighted by Gasteiger charge is -2.45. The van der Waals surface area contributed by atoms with Gasteiger partial charge in [-0.3, -0.25) is 4.79 Å². The van der Waals surface area contributed by atoms with E-state index < -0.39 is 5.54 Å². The summed E-state index contributed by atoms with van der Waals surface area (Å²) in [5.74, 6) is 0.395. The normalized spacial score (nSPS) is 25.9. The Labute approximate surface area is 139 Å². The molecule has 0 saturated heterocycles. The van der Waals surface area contributed by atoms with Crippen LogP contribution in [0.4, 0.5) is 5.69 Å². The number of carbonyl (C=O) groups excluding carboxylic acids is 1. The van der Waals surface area contributed by atoms with E-state index in [4.69, 9.17) is 17.3 Å². The van der Waals surface area contributed by atoms with Gasteiger partial charge in [-0.15, -0.1) is 0 Å². The van der Waals surface area contributed by atoms with Crippen molar-refractivity contribution >= 4 is 39.1 Å². The van der Waals surface area contributed by atoms with Crippen LogP contribution in [0.3, 0.4) is 0 Å². The summed E-state index contributed by atoms with van der Waals surface area (Å²) in [5.41, 5.74) is 6.01. The Balaban J connectivity index is 2.36. The van der Waals surface area contributed by atoms with E-state index >= 15 is 0 Å². The maximum atomic E-state index is 12.3. The zero-order valence-electron chi connectivity index (χ0n) is 12.5. The quantitative estimate of drug-likeness (QED) is 0.811. The molecule has 0 aromatic heterocycles. The zero-order chi connectivity index (χ0) is 15.6. The smallest absolute Gasteiger partial charge is 0.243 e. The number of hydrogen-bond donors (Lipinski definition) is 2. The number of carbonyl (C=O) groups is 1. The molecule has 0 radical (unpaired) electrons. The molecule has 1 saturated carbocycles. The van der Waals surface area contributed by atoms with Crippen molar-refractivity contribution in [3.05, 3.63) is 27.7 Å². The summed E-state index contributed by atoms with van der Waals surface area (Å²) in [7, 11) is 0. The van der Waals surface area contributed by atoms with E-state index in [2.05, 4.69) is 35.1 Å². The maximum Gasteiger partial charge on any atom is 0.243 e. The van der Waals surface area contributed by atoms with Gasteiger partial charge in [-0.1, -0.05) is 38.3 Å². The molecule has 3 nitrogen and oxygen atoms in total. The average Bonchev–Trinajstić information content (AvgIpc) is 2.43. The molecule has 0 aliphatic heterocycles. The number of nitrogens with two attached hydrogens (primary N) is 1. The molecule has 1 aromatic carbocycles. The van der Waals surface area contributed by atoms with E-state index in [0.29, 0.717) is 10.9 Å². The van der Waals surface area contributed by atoms with Gasteiger partial charge in [0.05, 0.1) is 5.02 Å². The van der Waals surface area contributed by atoms with Crippen molar-refractivity contribution in [3.8, 4) is 0 Å². The molecule has 2 rings (SSSR count). The second-order valence-corrected chi connectivity index (χ2v) is 7.45. The van der Waals surface area contributed by atoms with Crippen LogP contribution in [0.2, 0.25) is 5.02 Å². The molecular formula is C16H22BrClN2O. The van der Waals surface area contributed by atoms with Gasteiger partial charge in [0.15, 0.2) is 0 Å². The van der Waals surface area contributed by atoms with Crippen molar-refractivity contribution in [3.63, 3.8) is 0 Å². The van der Waals surface area contributed by atoms with Crippen molar-refractivity contribution < 1.29 is 4.79 Å². The minimum absolute atomic E-state index is 0.248. The third kappa shape index (κ3) is 3.37. The molecule has 1 aliphatic carbocycles. The highest BCUT2D eigenvalue weighted by Crippen LogP contribution is 2.41. The minimum Gasteiger partial charge on any atom is -0.371 e. The third-order valence-corrected chi connectivity index (χ3v) is 5.71. The second kappa shape index (κ2) is 6.57. The standard InChI is InChI=1S/C16H22BrClN2O/c1-10(2)12-5-3-4-8-16(12,15(19)21)20-11-6-7-14(18)13(17)9-11/h6-7,9-10,12,20H,3-5,8H2,1-2H3,(H2,19,21). The van der Waals surface area contributed by atoms with E-state index in [1.165, 1.54) is 0 Å². The van der Waals surface area contributed by atoms with Crippen LogP contribution in [0.1, 0.15) is 39.5 Å². The summed E-state index contributed by atoms with van der Waals surface area (Å²) in [6, 6.07) is 5.61. The minimum atomic E-state index is -0.667. The van der Waals surface area contributed by atoms with Crippen molar-refractivity contribution in [1.82, 2.24) is 0 Å². The molecule has 116 valence electrons. The highest BCUT2D eigenvalue weighted by atomic mass is 79.9. The molecule has 1 fully saturated rings. The van der Waals surface area contributed by atoms with E-state index in [9.17, 15) is 4.79 Å². The van der Waals surface area contributed by atoms with Gasteiger partial charge >= 0.3 is 0 Å². The van der Waals surface area contributed by atoms with Crippen LogP contribution < -0.4 is 11.1 Å². The van der Waals surface area contributed by atoms with Gasteiger partial charge in [-0.05, 0) is 58.8 Å². The highest BCUT2D eigenvalue weighted by Gasteiger charge is 2.46. The fourth-order valence-electron chi connectivity index (χ4n) is 3.46. The molecule has 3 N–H and O–H groups in total. The first-order chi connectivity index (χ1) is 9.86. The lowest BCUT2D eigenvalue weighted by molar-refractivity contribution is -0.126. The van der Waals surface area contributed by atoms with Gasteiger partial charge in [0, 0.05) is 10.2 Å². The van der Waals surface area contributed by atoms with Crippen LogP contribution in [-0.2, 0) is 4.79 Å². The van der Waals surface area contributed by atoms with Gasteiger partial charge in [0.1, 0.15) is 5.54 Å². The lowest BCUT2D eigenvalue weighted by atomic mass is 9.67. The van der Waals surface area contributed by atoms with E-state index in [0.717, 1.165) is 35.8 Å². The molecular weight excluding hydrogens is 352 g/mol. The van der Waals surface area contributed by atoms with Gasteiger partial charge in [-0.25, -0.2) is 0 Å². The summed E-state index contributed by atoms with van der Waals surface area (Å²) < 4.78 is 0.811. The number of anilines is 1. The third-order valence-electron chi connectivity index (χ3n) is 4.50. The van der Waals surface area contributed by atoms with Gasteiger partial charge in [-0.2, -0.15) is 0 Å². The SMILES string of the molecule is CC(C)C1CCCCC1(Nc1ccc(Cl)c(Br)c1)C(N)=O. The topological polar surface area (TPSA) is 55.1 Å². The Hall–Kier alpha value is -0.740. The molecule has 5 heteroatoms. The van der Waals surface area contributed by atoms with Crippen LogP contribution >= 0.6 is 27.5 Å². The monoisotopic (exact) mass is 372 g/mol. The molecule has 0 heterocycles. The van der Waals surface area contributed by atoms with Crippen molar-refractivity contribution in [2.24, 2.45) is 17.6 Å². The van der Waals surface area contributed by atoms with Crippen molar-refractivity contribution in [1.29, 1.82) is 0 Å². The van der Waals surface area contributed by atoms with Crippen LogP contribution in [-0.4, -0.2) is 11.4 Å². The van der Waals surface area contributed by atoms with E-state index in [1.54, 1.807) is 0 Å². The molecule has 0 bridgehead atoms. The summed E-state index contributed by atoms with van der Waals surface area (Å²) in [4.78, 5) is 12.3. The number of amides is 1. The first-order valence-electron chi connectivity index (χ1n) is 7.40. The Kier molecular flexibility index (Phi) is 5.20. The van der Waals surface area contributed by atoms with Crippen LogP contribution in [0.15, 0.2) is 22.7 Å². The number of rotatable bonds is 4. The Bertz CT molecular complexity index is 535. The maximum absolute atomic E-state index is 12.3. The number of benzene rings is 1. The zero-order valence-corrected chi connectivity index (χ0v) is 14.8. The first kappa shape index (κ1) is 16.6. The largest absolute Gasteiger partial charge is 0.371 e. The van der Waals surface area contributed by atoms with E-state index in [-0.39, 0.29) is 11.8 Å². The average molecular weight is 374 g/mol. The first-order valence-corrected chi connectivity index (χ1v) is 8.57. The molecule has 2 unspecified atom stereocenters. The van der Waals surface area contributed by atoms with Crippen LogP contribution in [0.5, 0.6) is 0 Å². The fourth-order valence-corrected chi connectivity index (χ4v) is 3.95. The number of nitrogens with one attached hydrogen (secondary N) is 1. The molecule has 1 amide bonds. The van der Waals surface area contributed by atoms with Crippen molar-refractivity contribution in [2.75, 3.05) is 5.32 Å². The van der Waals surface area contributed by atoms with Crippen LogP contribution in [0, 0.1) is 11.8 Å². The summed E-state index contributed by atoms with van der Waals surface area (Å²) in [5, 5.41) is 4.08. The Morgan fingerprint density at radius 1 is 1.48 bits per heavy atom. The van der Waals surface area contributed by atoms with Gasteiger partial charge in [0.2, 0.25) is 5.91 Å². The predicted octanol–water partition coefficient (Wildman–Crippen LogP) is 4.58. The summed E-state index contributed by atoms with van der Waals surface area (Å²) in [6.07, 6.45) is 3.99. The van der Waals surface area contributed by atoms with Gasteiger partial charge < -0.3 is 11.1 Å². The Morgan fingerprint density at radius 3 is 2.76 bits per heavy atom. The molecule has 0 spiro atoms. The number of hydrogen-bond acceptors (Lipinski definition) is 2. The number of primary amides is 1. The summed E-state index contributed by atoms with van der Waals surface area (Å²) in [6.45, 7) is 4.32. The molecule has 21 heavy (non-hydrogen) atoms.